The highest BCUT2D eigenvalue weighted by Gasteiger charge is 2.40. The van der Waals surface area contributed by atoms with E-state index in [1.165, 1.54) is 19.1 Å². The second kappa shape index (κ2) is 13.6. The first-order valence-corrected chi connectivity index (χ1v) is 15.7. The lowest BCUT2D eigenvalue weighted by atomic mass is 9.80. The maximum Gasteiger partial charge on any atom is 0.331 e. The van der Waals surface area contributed by atoms with Crippen LogP contribution in [0.3, 0.4) is 0 Å². The van der Waals surface area contributed by atoms with Gasteiger partial charge in [0, 0.05) is 0 Å². The first-order chi connectivity index (χ1) is 24.1. The average Bonchev–Trinajstić information content (AvgIpc) is 3.55. The number of nitrogens with zero attached hydrogens (tertiary/aromatic N) is 2. The Labute approximate surface area is 285 Å². The standard InChI is InChI=1S/C38H34N2O10/c1-22(20-41)39-33(42)28-18-30-31(19-29(28)34(39)43)36(45)40(35(30)44)32(37(46)49-4)21-50-38(23-8-6-5-7-9-23,24-10-14-26(47-2)15-11-24)25-12-16-27(48-3)17-13-25/h5-19,22,32,41H,20-21H2,1-4H3. The molecule has 2 aromatic heterocycles. The summed E-state index contributed by atoms with van der Waals surface area (Å²) in [6.07, 6.45) is 0. The summed E-state index contributed by atoms with van der Waals surface area (Å²) in [7, 11) is 4.23. The van der Waals surface area contributed by atoms with Crippen LogP contribution in [0, 0.1) is 0 Å². The van der Waals surface area contributed by atoms with Gasteiger partial charge >= 0.3 is 5.97 Å². The minimum Gasteiger partial charge on any atom is -0.497 e. The van der Waals surface area contributed by atoms with Gasteiger partial charge in [-0.05, 0) is 60.0 Å². The number of benzene rings is 4. The summed E-state index contributed by atoms with van der Waals surface area (Å²) >= 11 is 0. The minimum atomic E-state index is -1.57. The summed E-state index contributed by atoms with van der Waals surface area (Å²) in [5.74, 6) is 0.275. The fourth-order valence-corrected chi connectivity index (χ4v) is 6.44. The van der Waals surface area contributed by atoms with Crippen LogP contribution in [0.1, 0.15) is 35.7 Å². The van der Waals surface area contributed by atoms with E-state index in [0.29, 0.717) is 28.2 Å². The van der Waals surface area contributed by atoms with Crippen LogP contribution in [0.5, 0.6) is 11.5 Å². The maximum absolute atomic E-state index is 14.0. The third kappa shape index (κ3) is 5.48. The first kappa shape index (κ1) is 34.0. The zero-order valence-electron chi connectivity index (χ0n) is 27.7. The molecule has 0 saturated heterocycles. The van der Waals surface area contributed by atoms with E-state index in [-0.39, 0.29) is 21.5 Å². The molecule has 0 aliphatic carbocycles. The highest BCUT2D eigenvalue weighted by Crippen LogP contribution is 2.42. The van der Waals surface area contributed by atoms with E-state index < -0.39 is 59.1 Å². The van der Waals surface area contributed by atoms with Crippen LogP contribution in [0.25, 0.3) is 21.5 Å². The van der Waals surface area contributed by atoms with Crippen LogP contribution in [0.15, 0.2) is 110 Å². The number of esters is 1. The molecule has 0 radical (unpaired) electrons. The quantitative estimate of drug-likeness (QED) is 0.151. The molecule has 0 aliphatic heterocycles. The Hall–Kier alpha value is -5.85. The Bertz CT molecular complexity index is 2260. The number of aliphatic hydroxyl groups excluding tert-OH is 1. The summed E-state index contributed by atoms with van der Waals surface area (Å²) in [5, 5.41) is 9.12. The number of aromatic nitrogens is 2. The molecule has 4 aromatic carbocycles. The molecule has 0 fully saturated rings. The third-order valence-electron chi connectivity index (χ3n) is 9.08. The van der Waals surface area contributed by atoms with Gasteiger partial charge in [-0.1, -0.05) is 54.6 Å². The number of hydrogen-bond donors (Lipinski definition) is 1. The number of rotatable bonds is 12. The smallest absolute Gasteiger partial charge is 0.331 e. The summed E-state index contributed by atoms with van der Waals surface area (Å²) in [4.78, 5) is 67.7. The van der Waals surface area contributed by atoms with E-state index in [0.717, 1.165) is 16.2 Å². The number of ether oxygens (including phenoxy) is 4. The molecule has 0 spiro atoms. The molecule has 0 amide bonds. The Morgan fingerprint density at radius 3 is 1.48 bits per heavy atom. The Morgan fingerprint density at radius 2 is 1.08 bits per heavy atom. The maximum atomic E-state index is 14.0. The average molecular weight is 679 g/mol. The van der Waals surface area contributed by atoms with E-state index in [1.54, 1.807) is 38.5 Å². The lowest BCUT2D eigenvalue weighted by molar-refractivity contribution is -0.148. The van der Waals surface area contributed by atoms with Crippen molar-refractivity contribution in [1.29, 1.82) is 0 Å². The fourth-order valence-electron chi connectivity index (χ4n) is 6.44. The van der Waals surface area contributed by atoms with Gasteiger partial charge in [0.25, 0.3) is 22.2 Å². The van der Waals surface area contributed by atoms with Gasteiger partial charge in [0.1, 0.15) is 17.1 Å². The molecule has 12 nitrogen and oxygen atoms in total. The summed E-state index contributed by atoms with van der Waals surface area (Å²) in [6.45, 7) is 0.529. The van der Waals surface area contributed by atoms with Crippen molar-refractivity contribution in [2.45, 2.75) is 24.6 Å². The zero-order chi connectivity index (χ0) is 35.7. The van der Waals surface area contributed by atoms with Crippen molar-refractivity contribution in [3.05, 3.63) is 149 Å². The highest BCUT2D eigenvalue weighted by atomic mass is 16.5. The first-order valence-electron chi connectivity index (χ1n) is 15.7. The summed E-state index contributed by atoms with van der Waals surface area (Å²) < 4.78 is 24.3. The topological polar surface area (TPSA) is 152 Å². The van der Waals surface area contributed by atoms with E-state index in [4.69, 9.17) is 18.9 Å². The van der Waals surface area contributed by atoms with Crippen molar-refractivity contribution < 1.29 is 28.8 Å². The van der Waals surface area contributed by atoms with Crippen molar-refractivity contribution in [2.75, 3.05) is 34.5 Å². The van der Waals surface area contributed by atoms with Crippen molar-refractivity contribution >= 4 is 27.5 Å². The van der Waals surface area contributed by atoms with Gasteiger partial charge in [0.15, 0.2) is 6.04 Å². The Morgan fingerprint density at radius 1 is 0.660 bits per heavy atom. The van der Waals surface area contributed by atoms with Gasteiger partial charge in [-0.3, -0.25) is 28.3 Å². The molecule has 50 heavy (non-hydrogen) atoms. The molecule has 12 heteroatoms. The van der Waals surface area contributed by atoms with E-state index >= 15 is 0 Å². The van der Waals surface area contributed by atoms with Gasteiger partial charge < -0.3 is 24.1 Å². The molecule has 256 valence electrons. The van der Waals surface area contributed by atoms with E-state index in [9.17, 15) is 29.1 Å². The normalized spacial score (nSPS) is 13.0. The second-order valence-electron chi connectivity index (χ2n) is 11.8. The number of aliphatic hydroxyl groups is 1. The highest BCUT2D eigenvalue weighted by molar-refractivity contribution is 5.98. The largest absolute Gasteiger partial charge is 0.497 e. The lowest BCUT2D eigenvalue weighted by Gasteiger charge is -2.37. The SMILES string of the molecule is COC(=O)C(COC(c1ccccc1)(c1ccc(OC)cc1)c1ccc(OC)cc1)n1c(=O)c2cc3c(=O)n(C(C)CO)c(=O)c3cc2c1=O. The van der Waals surface area contributed by atoms with Crippen LogP contribution in [-0.4, -0.2) is 54.8 Å². The number of carbonyl (C=O) groups excluding carboxylic acids is 1. The van der Waals surface area contributed by atoms with Crippen molar-refractivity contribution in [1.82, 2.24) is 9.13 Å². The lowest BCUT2D eigenvalue weighted by Crippen LogP contribution is -2.41. The third-order valence-corrected chi connectivity index (χ3v) is 9.08. The van der Waals surface area contributed by atoms with Crippen LogP contribution in [0.4, 0.5) is 0 Å². The number of hydrogen-bond acceptors (Lipinski definition) is 10. The number of methoxy groups -OCH3 is 3. The van der Waals surface area contributed by atoms with Crippen molar-refractivity contribution in [3.8, 4) is 11.5 Å². The number of carbonyl (C=O) groups is 1. The zero-order valence-corrected chi connectivity index (χ0v) is 27.7. The van der Waals surface area contributed by atoms with Gasteiger partial charge in [-0.15, -0.1) is 0 Å². The molecule has 6 aromatic rings. The van der Waals surface area contributed by atoms with Crippen molar-refractivity contribution in [2.24, 2.45) is 0 Å². The monoisotopic (exact) mass is 678 g/mol. The van der Waals surface area contributed by atoms with Gasteiger partial charge in [-0.25, -0.2) is 4.79 Å². The molecule has 2 heterocycles. The van der Waals surface area contributed by atoms with Crippen LogP contribution >= 0.6 is 0 Å². The molecule has 2 unspecified atom stereocenters. The Kier molecular flexibility index (Phi) is 9.24. The predicted octanol–water partition coefficient (Wildman–Crippen LogP) is 3.21. The van der Waals surface area contributed by atoms with E-state index in [2.05, 4.69) is 0 Å². The minimum absolute atomic E-state index is 0.0787. The van der Waals surface area contributed by atoms with Gasteiger partial charge in [-0.2, -0.15) is 0 Å². The molecule has 1 N–H and O–H groups in total. The van der Waals surface area contributed by atoms with Crippen LogP contribution in [0.2, 0.25) is 0 Å². The summed E-state index contributed by atoms with van der Waals surface area (Å²) in [6, 6.07) is 23.6. The molecule has 0 bridgehead atoms. The molecule has 2 atom stereocenters. The van der Waals surface area contributed by atoms with Crippen molar-refractivity contribution in [3.63, 3.8) is 0 Å². The predicted molar refractivity (Wildman–Crippen MR) is 186 cm³/mol. The molecule has 6 rings (SSSR count). The summed E-state index contributed by atoms with van der Waals surface area (Å²) in [5.41, 5.74) is -2.54. The molecule has 0 saturated carbocycles. The molecule has 0 aliphatic rings. The van der Waals surface area contributed by atoms with E-state index in [1.807, 2.05) is 54.6 Å². The fraction of sp³-hybridized carbons (Fsp3) is 0.237. The molecular weight excluding hydrogens is 644 g/mol. The Balaban J connectivity index is 1.54. The number of fused-ring (bicyclic) bond motifs is 2. The van der Waals surface area contributed by atoms with Gasteiger partial charge in [0.2, 0.25) is 0 Å². The van der Waals surface area contributed by atoms with Crippen LogP contribution in [-0.2, 0) is 19.9 Å². The van der Waals surface area contributed by atoms with Crippen LogP contribution < -0.4 is 31.7 Å². The molecular formula is C38H34N2O10. The van der Waals surface area contributed by atoms with Gasteiger partial charge in [0.05, 0.1) is 62.1 Å². The second-order valence-corrected chi connectivity index (χ2v) is 11.8.